The van der Waals surface area contributed by atoms with E-state index in [9.17, 15) is 9.59 Å². The molecule has 132 valence electrons. The van der Waals surface area contributed by atoms with Crippen LogP contribution in [-0.2, 0) is 14.3 Å². The van der Waals surface area contributed by atoms with E-state index in [0.29, 0.717) is 5.75 Å². The van der Waals surface area contributed by atoms with Gasteiger partial charge in [-0.25, -0.2) is 0 Å². The maximum Gasteiger partial charge on any atom is 0.307 e. The molecule has 24 heavy (non-hydrogen) atoms. The Labute approximate surface area is 151 Å². The normalized spacial score (nSPS) is 18.6. The molecule has 0 heterocycles. The first-order chi connectivity index (χ1) is 11.2. The minimum absolute atomic E-state index is 0.118. The van der Waals surface area contributed by atoms with Crippen LogP contribution in [0.4, 0.5) is 0 Å². The molecule has 1 aliphatic carbocycles. The van der Waals surface area contributed by atoms with Crippen molar-refractivity contribution in [1.82, 2.24) is 5.32 Å². The van der Waals surface area contributed by atoms with Crippen molar-refractivity contribution in [3.8, 4) is 5.75 Å². The lowest BCUT2D eigenvalue weighted by atomic mass is 10.1. The maximum absolute atomic E-state index is 12.2. The van der Waals surface area contributed by atoms with Crippen molar-refractivity contribution in [2.24, 2.45) is 0 Å². The molecular weight excluding hydrogens is 353 g/mol. The first kappa shape index (κ1) is 18.9. The van der Waals surface area contributed by atoms with Crippen molar-refractivity contribution in [3.63, 3.8) is 0 Å². The van der Waals surface area contributed by atoms with Gasteiger partial charge in [0.2, 0.25) is 0 Å². The molecule has 1 fully saturated rings. The first-order valence-electron chi connectivity index (χ1n) is 7.67. The summed E-state index contributed by atoms with van der Waals surface area (Å²) in [4.78, 5) is 23.2. The minimum atomic E-state index is -1.07. The van der Waals surface area contributed by atoms with Crippen LogP contribution in [0.25, 0.3) is 0 Å². The summed E-state index contributed by atoms with van der Waals surface area (Å²) in [6, 6.07) is 7.39. The fraction of sp³-hybridized carbons (Fsp3) is 0.529. The fourth-order valence-electron chi connectivity index (χ4n) is 2.28. The molecule has 7 heteroatoms. The zero-order valence-corrected chi connectivity index (χ0v) is 15.4. The topological polar surface area (TPSA) is 64.6 Å². The van der Waals surface area contributed by atoms with Crippen LogP contribution < -0.4 is 10.1 Å². The van der Waals surface area contributed by atoms with Crippen LogP contribution in [0, 0.1) is 0 Å². The van der Waals surface area contributed by atoms with Gasteiger partial charge in [-0.2, -0.15) is 0 Å². The van der Waals surface area contributed by atoms with E-state index in [2.05, 4.69) is 10.1 Å². The summed E-state index contributed by atoms with van der Waals surface area (Å²) in [7, 11) is 1.31. The quantitative estimate of drug-likeness (QED) is 0.588. The summed E-state index contributed by atoms with van der Waals surface area (Å²) in [6.07, 6.45) is 0.859. The van der Waals surface area contributed by atoms with E-state index in [4.69, 9.17) is 27.9 Å². The Kier molecular flexibility index (Phi) is 5.66. The van der Waals surface area contributed by atoms with Crippen molar-refractivity contribution in [2.45, 2.75) is 42.5 Å². The SMILES string of the molecule is COC(=O)CCNC(=O)C(C)(C)Oc1ccc(C2CC2(Cl)Cl)cc1. The lowest BCUT2D eigenvalue weighted by Crippen LogP contribution is -2.47. The van der Waals surface area contributed by atoms with Crippen molar-refractivity contribution in [3.05, 3.63) is 29.8 Å². The number of hydrogen-bond acceptors (Lipinski definition) is 4. The fourth-order valence-corrected chi connectivity index (χ4v) is 2.84. The monoisotopic (exact) mass is 373 g/mol. The molecule has 0 spiro atoms. The van der Waals surface area contributed by atoms with Crippen LogP contribution in [0.2, 0.25) is 0 Å². The van der Waals surface area contributed by atoms with Crippen molar-refractivity contribution in [2.75, 3.05) is 13.7 Å². The summed E-state index contributed by atoms with van der Waals surface area (Å²) in [5.41, 5.74) is -0.0207. The summed E-state index contributed by atoms with van der Waals surface area (Å²) in [5.74, 6) is 0.0318. The minimum Gasteiger partial charge on any atom is -0.478 e. The molecule has 0 radical (unpaired) electrons. The highest BCUT2D eigenvalue weighted by atomic mass is 35.5. The smallest absolute Gasteiger partial charge is 0.307 e. The third kappa shape index (κ3) is 4.77. The Bertz CT molecular complexity index is 614. The number of ether oxygens (including phenoxy) is 2. The maximum atomic E-state index is 12.2. The molecule has 1 N–H and O–H groups in total. The highest BCUT2D eigenvalue weighted by Crippen LogP contribution is 2.59. The van der Waals surface area contributed by atoms with Gasteiger partial charge in [-0.3, -0.25) is 9.59 Å². The van der Waals surface area contributed by atoms with Gasteiger partial charge in [0.15, 0.2) is 5.60 Å². The first-order valence-corrected chi connectivity index (χ1v) is 8.43. The Morgan fingerprint density at radius 1 is 1.29 bits per heavy atom. The molecule has 0 aromatic heterocycles. The van der Waals surface area contributed by atoms with Gasteiger partial charge in [-0.15, -0.1) is 23.2 Å². The van der Waals surface area contributed by atoms with Crippen LogP contribution in [0.3, 0.4) is 0 Å². The molecule has 1 saturated carbocycles. The van der Waals surface area contributed by atoms with Gasteiger partial charge in [0.05, 0.1) is 13.5 Å². The zero-order chi connectivity index (χ0) is 18.0. The third-order valence-corrected chi connectivity index (χ3v) is 4.71. The van der Waals surface area contributed by atoms with Crippen molar-refractivity contribution in [1.29, 1.82) is 0 Å². The molecule has 2 rings (SSSR count). The second-order valence-corrected chi connectivity index (χ2v) is 7.82. The Hall–Kier alpha value is -1.46. The third-order valence-electron chi connectivity index (χ3n) is 3.87. The van der Waals surface area contributed by atoms with E-state index < -0.39 is 9.93 Å². The number of methoxy groups -OCH3 is 1. The molecule has 5 nitrogen and oxygen atoms in total. The van der Waals surface area contributed by atoms with Gasteiger partial charge >= 0.3 is 5.97 Å². The number of nitrogens with one attached hydrogen (secondary N) is 1. The van der Waals surface area contributed by atoms with E-state index in [0.717, 1.165) is 12.0 Å². The number of alkyl halides is 2. The van der Waals surface area contributed by atoms with E-state index in [1.807, 2.05) is 12.1 Å². The van der Waals surface area contributed by atoms with Gasteiger partial charge in [0.25, 0.3) is 5.91 Å². The van der Waals surface area contributed by atoms with Gasteiger partial charge < -0.3 is 14.8 Å². The van der Waals surface area contributed by atoms with Gasteiger partial charge in [0, 0.05) is 12.5 Å². The van der Waals surface area contributed by atoms with Gasteiger partial charge in [0.1, 0.15) is 10.1 Å². The van der Waals surface area contributed by atoms with Crippen LogP contribution in [0.5, 0.6) is 5.75 Å². The number of halogens is 2. The van der Waals surface area contributed by atoms with Gasteiger partial charge in [-0.05, 0) is 38.0 Å². The molecule has 0 saturated heterocycles. The second kappa shape index (κ2) is 7.19. The molecule has 1 aromatic rings. The highest BCUT2D eigenvalue weighted by Gasteiger charge is 2.52. The lowest BCUT2D eigenvalue weighted by Gasteiger charge is -2.25. The largest absolute Gasteiger partial charge is 0.478 e. The van der Waals surface area contributed by atoms with Crippen LogP contribution in [-0.4, -0.2) is 35.5 Å². The summed E-state index contributed by atoms with van der Waals surface area (Å²) in [6.45, 7) is 3.53. The Balaban J connectivity index is 1.88. The average Bonchev–Trinajstić information content (AvgIpc) is 3.16. The molecule has 0 bridgehead atoms. The Morgan fingerprint density at radius 2 is 1.88 bits per heavy atom. The number of esters is 1. The zero-order valence-electron chi connectivity index (χ0n) is 13.9. The second-order valence-electron chi connectivity index (χ2n) is 6.28. The molecular formula is C17H21Cl2NO4. The summed E-state index contributed by atoms with van der Waals surface area (Å²) >= 11 is 12.1. The standard InChI is InChI=1S/C17H21Cl2NO4/c1-16(2,15(22)20-9-8-14(21)23-3)24-12-6-4-11(5-7-12)13-10-17(13,18)19/h4-7,13H,8-10H2,1-3H3,(H,20,22). The van der Waals surface area contributed by atoms with E-state index in [1.165, 1.54) is 7.11 Å². The number of rotatable bonds is 7. The van der Waals surface area contributed by atoms with Crippen LogP contribution in [0.1, 0.15) is 38.2 Å². The predicted molar refractivity (Wildman–Crippen MR) is 92.6 cm³/mol. The van der Waals surface area contributed by atoms with Crippen molar-refractivity contribution >= 4 is 35.1 Å². The molecule has 1 unspecified atom stereocenters. The number of benzene rings is 1. The number of amides is 1. The van der Waals surface area contributed by atoms with E-state index >= 15 is 0 Å². The van der Waals surface area contributed by atoms with Crippen molar-refractivity contribution < 1.29 is 19.1 Å². The summed E-state index contributed by atoms with van der Waals surface area (Å²) < 4.78 is 9.62. The van der Waals surface area contributed by atoms with E-state index in [1.54, 1.807) is 26.0 Å². The number of hydrogen-bond donors (Lipinski definition) is 1. The highest BCUT2D eigenvalue weighted by molar-refractivity contribution is 6.51. The number of carbonyl (C=O) groups excluding carboxylic acids is 2. The van der Waals surface area contributed by atoms with Gasteiger partial charge in [-0.1, -0.05) is 12.1 Å². The average molecular weight is 374 g/mol. The molecule has 1 aliphatic rings. The lowest BCUT2D eigenvalue weighted by molar-refractivity contribution is -0.140. The molecule has 1 amide bonds. The van der Waals surface area contributed by atoms with E-state index in [-0.39, 0.29) is 30.8 Å². The summed E-state index contributed by atoms with van der Waals surface area (Å²) in [5, 5.41) is 2.66. The Morgan fingerprint density at radius 3 is 2.38 bits per heavy atom. The molecule has 1 atom stereocenters. The van der Waals surface area contributed by atoms with Crippen LogP contribution >= 0.6 is 23.2 Å². The number of carbonyl (C=O) groups is 2. The predicted octanol–water partition coefficient (Wildman–Crippen LogP) is 3.18. The molecule has 1 aromatic carbocycles. The van der Waals surface area contributed by atoms with Crippen LogP contribution in [0.15, 0.2) is 24.3 Å². The molecule has 0 aliphatic heterocycles.